The van der Waals surface area contributed by atoms with E-state index in [0.717, 1.165) is 38.2 Å². The maximum absolute atomic E-state index is 6.32. The van der Waals surface area contributed by atoms with Crippen LogP contribution in [0, 0.1) is 5.92 Å². The molecule has 0 amide bonds. The van der Waals surface area contributed by atoms with Gasteiger partial charge in [0.1, 0.15) is 11.9 Å². The fraction of sp³-hybridized carbons (Fsp3) is 0.529. The number of rotatable bonds is 1. The first-order valence-electron chi connectivity index (χ1n) is 7.60. The molecule has 3 unspecified atom stereocenters. The Hall–Kier alpha value is -1.32. The molecule has 106 valence electrons. The van der Waals surface area contributed by atoms with Crippen LogP contribution < -0.4 is 10.5 Å². The first kappa shape index (κ1) is 12.4. The molecule has 2 aliphatic heterocycles. The van der Waals surface area contributed by atoms with E-state index in [0.29, 0.717) is 5.92 Å². The Morgan fingerprint density at radius 1 is 1.45 bits per heavy atom. The topological polar surface area (TPSA) is 38.5 Å². The highest BCUT2D eigenvalue weighted by atomic mass is 16.5. The van der Waals surface area contributed by atoms with Crippen molar-refractivity contribution in [2.24, 2.45) is 11.7 Å². The van der Waals surface area contributed by atoms with Crippen LogP contribution >= 0.6 is 0 Å². The van der Waals surface area contributed by atoms with Crippen molar-refractivity contribution in [3.8, 4) is 5.75 Å². The number of hydrogen-bond acceptors (Lipinski definition) is 3. The summed E-state index contributed by atoms with van der Waals surface area (Å²) >= 11 is 0. The Labute approximate surface area is 120 Å². The Morgan fingerprint density at radius 3 is 3.20 bits per heavy atom. The summed E-state index contributed by atoms with van der Waals surface area (Å²) in [6.07, 6.45) is 7.20. The van der Waals surface area contributed by atoms with Crippen LogP contribution in [0.3, 0.4) is 0 Å². The van der Waals surface area contributed by atoms with Crippen LogP contribution in [0.5, 0.6) is 5.75 Å². The van der Waals surface area contributed by atoms with E-state index in [-0.39, 0.29) is 11.5 Å². The molecule has 0 radical (unpaired) electrons. The van der Waals surface area contributed by atoms with Gasteiger partial charge in [-0.05, 0) is 50.5 Å². The minimum Gasteiger partial charge on any atom is -0.489 e. The molecule has 3 heteroatoms. The van der Waals surface area contributed by atoms with Gasteiger partial charge in [-0.25, -0.2) is 0 Å². The van der Waals surface area contributed by atoms with Crippen molar-refractivity contribution in [2.75, 3.05) is 20.1 Å². The summed E-state index contributed by atoms with van der Waals surface area (Å²) < 4.78 is 6.32. The van der Waals surface area contributed by atoms with Crippen LogP contribution in [0.15, 0.2) is 30.4 Å². The fourth-order valence-electron chi connectivity index (χ4n) is 4.15. The Balaban J connectivity index is 1.88. The zero-order valence-electron chi connectivity index (χ0n) is 12.0. The lowest BCUT2D eigenvalue weighted by molar-refractivity contribution is 0.128. The van der Waals surface area contributed by atoms with Gasteiger partial charge in [-0.1, -0.05) is 24.3 Å². The minimum absolute atomic E-state index is 0.0857. The predicted octanol–water partition coefficient (Wildman–Crippen LogP) is 2.06. The Morgan fingerprint density at radius 2 is 2.35 bits per heavy atom. The van der Waals surface area contributed by atoms with E-state index in [9.17, 15) is 0 Å². The number of nitrogens with two attached hydrogens (primary N) is 1. The summed E-state index contributed by atoms with van der Waals surface area (Å²) in [5, 5.41) is 0. The normalized spacial score (nSPS) is 35.1. The standard InChI is InChI=1S/C17H22N2O/c1-19-8-7-17-6-5-12(10-18)9-15(17)20-14-4-2-3-13(11-19)16(14)17/h2-6,12,15H,7-11,18H2,1H3. The van der Waals surface area contributed by atoms with Crippen molar-refractivity contribution >= 4 is 0 Å². The molecule has 1 aliphatic carbocycles. The van der Waals surface area contributed by atoms with Crippen molar-refractivity contribution in [2.45, 2.75) is 30.9 Å². The number of nitrogens with zero attached hydrogens (tertiary/aromatic N) is 1. The van der Waals surface area contributed by atoms with Crippen LogP contribution in [0.25, 0.3) is 0 Å². The molecular formula is C17H22N2O. The molecule has 0 fully saturated rings. The van der Waals surface area contributed by atoms with Gasteiger partial charge in [0.25, 0.3) is 0 Å². The summed E-state index contributed by atoms with van der Waals surface area (Å²) in [6, 6.07) is 6.52. The molecule has 1 spiro atoms. The van der Waals surface area contributed by atoms with Crippen molar-refractivity contribution in [1.29, 1.82) is 0 Å². The third kappa shape index (κ3) is 1.60. The van der Waals surface area contributed by atoms with Gasteiger partial charge in [0.2, 0.25) is 0 Å². The van der Waals surface area contributed by atoms with E-state index in [1.54, 1.807) is 0 Å². The van der Waals surface area contributed by atoms with Crippen molar-refractivity contribution in [3.63, 3.8) is 0 Å². The maximum Gasteiger partial charge on any atom is 0.124 e. The molecule has 4 rings (SSSR count). The molecule has 3 aliphatic rings. The molecule has 2 N–H and O–H groups in total. The maximum atomic E-state index is 6.32. The summed E-state index contributed by atoms with van der Waals surface area (Å²) in [5.74, 6) is 1.56. The zero-order valence-corrected chi connectivity index (χ0v) is 12.0. The van der Waals surface area contributed by atoms with Crippen LogP contribution in [0.2, 0.25) is 0 Å². The van der Waals surface area contributed by atoms with Gasteiger partial charge in [-0.2, -0.15) is 0 Å². The fourth-order valence-corrected chi connectivity index (χ4v) is 4.15. The van der Waals surface area contributed by atoms with Gasteiger partial charge >= 0.3 is 0 Å². The summed E-state index contributed by atoms with van der Waals surface area (Å²) in [6.45, 7) is 2.86. The lowest BCUT2D eigenvalue weighted by Crippen LogP contribution is -2.42. The monoisotopic (exact) mass is 270 g/mol. The summed E-state index contributed by atoms with van der Waals surface area (Å²) in [5.41, 5.74) is 8.82. The first-order valence-corrected chi connectivity index (χ1v) is 7.60. The molecular weight excluding hydrogens is 248 g/mol. The second-order valence-corrected chi connectivity index (χ2v) is 6.52. The van der Waals surface area contributed by atoms with Crippen LogP contribution in [-0.4, -0.2) is 31.1 Å². The summed E-state index contributed by atoms with van der Waals surface area (Å²) in [7, 11) is 2.21. The smallest absolute Gasteiger partial charge is 0.124 e. The number of benzene rings is 1. The van der Waals surface area contributed by atoms with Crippen molar-refractivity contribution in [3.05, 3.63) is 41.5 Å². The van der Waals surface area contributed by atoms with Crippen molar-refractivity contribution in [1.82, 2.24) is 4.90 Å². The molecule has 0 saturated heterocycles. The Kier molecular flexibility index (Phi) is 2.69. The molecule has 0 aromatic heterocycles. The highest BCUT2D eigenvalue weighted by Crippen LogP contribution is 2.53. The third-order valence-electron chi connectivity index (χ3n) is 5.25. The van der Waals surface area contributed by atoms with Crippen LogP contribution in [0.1, 0.15) is 24.0 Å². The molecule has 1 aromatic rings. The van der Waals surface area contributed by atoms with E-state index in [1.165, 1.54) is 11.1 Å². The first-order chi connectivity index (χ1) is 9.73. The van der Waals surface area contributed by atoms with Gasteiger partial charge in [0.15, 0.2) is 0 Å². The predicted molar refractivity (Wildman–Crippen MR) is 79.8 cm³/mol. The van der Waals surface area contributed by atoms with Gasteiger partial charge in [-0.3, -0.25) is 0 Å². The Bertz CT molecular complexity index is 568. The second-order valence-electron chi connectivity index (χ2n) is 6.52. The van der Waals surface area contributed by atoms with Gasteiger partial charge in [0, 0.05) is 12.1 Å². The quantitative estimate of drug-likeness (QED) is 0.794. The largest absolute Gasteiger partial charge is 0.489 e. The van der Waals surface area contributed by atoms with Crippen LogP contribution in [0.4, 0.5) is 0 Å². The highest BCUT2D eigenvalue weighted by Gasteiger charge is 2.51. The molecule has 2 heterocycles. The van der Waals surface area contributed by atoms with E-state index >= 15 is 0 Å². The average molecular weight is 270 g/mol. The number of ether oxygens (including phenoxy) is 1. The minimum atomic E-state index is 0.0857. The van der Waals surface area contributed by atoms with E-state index in [1.807, 2.05) is 0 Å². The number of hydrogen-bond donors (Lipinski definition) is 1. The molecule has 0 bridgehead atoms. The average Bonchev–Trinajstić information content (AvgIpc) is 2.71. The second kappa shape index (κ2) is 4.34. The third-order valence-corrected chi connectivity index (χ3v) is 5.25. The van der Waals surface area contributed by atoms with E-state index in [4.69, 9.17) is 10.5 Å². The lowest BCUT2D eigenvalue weighted by Gasteiger charge is -2.36. The molecule has 0 saturated carbocycles. The molecule has 1 aromatic carbocycles. The van der Waals surface area contributed by atoms with Gasteiger partial charge in [0.05, 0.1) is 5.41 Å². The zero-order chi connectivity index (χ0) is 13.7. The van der Waals surface area contributed by atoms with E-state index in [2.05, 4.69) is 42.3 Å². The van der Waals surface area contributed by atoms with Crippen molar-refractivity contribution < 1.29 is 4.74 Å². The van der Waals surface area contributed by atoms with Crippen LogP contribution in [-0.2, 0) is 12.0 Å². The molecule has 20 heavy (non-hydrogen) atoms. The SMILES string of the molecule is CN1CCC23C=CC(CN)CC2Oc2cccc(c23)C1. The summed E-state index contributed by atoms with van der Waals surface area (Å²) in [4.78, 5) is 2.42. The van der Waals surface area contributed by atoms with Gasteiger partial charge < -0.3 is 15.4 Å². The highest BCUT2D eigenvalue weighted by molar-refractivity contribution is 5.54. The van der Waals surface area contributed by atoms with E-state index < -0.39 is 0 Å². The van der Waals surface area contributed by atoms with Gasteiger partial charge in [-0.15, -0.1) is 0 Å². The molecule has 3 atom stereocenters. The lowest BCUT2D eigenvalue weighted by atomic mass is 9.67. The molecule has 3 nitrogen and oxygen atoms in total.